The first-order valence-corrected chi connectivity index (χ1v) is 13.4. The van der Waals surface area contributed by atoms with E-state index in [4.69, 9.17) is 9.47 Å². The highest BCUT2D eigenvalue weighted by molar-refractivity contribution is 7.89. The summed E-state index contributed by atoms with van der Waals surface area (Å²) in [6, 6.07) is 12.3. The molecule has 190 valence electrons. The van der Waals surface area contributed by atoms with Crippen LogP contribution in [0.15, 0.2) is 64.9 Å². The Hall–Kier alpha value is -3.41. The molecule has 36 heavy (non-hydrogen) atoms. The second-order valence-corrected chi connectivity index (χ2v) is 11.0. The third kappa shape index (κ3) is 5.08. The SMILES string of the molecule is COc1ccc(S(=O)(=O)N(C(=O)[C@@H]2Cc3ccccc3CN2)[C@@H](Cc2cccs2)C(=O)O)cc1OC. The summed E-state index contributed by atoms with van der Waals surface area (Å²) in [5, 5.41) is 15.0. The van der Waals surface area contributed by atoms with Gasteiger partial charge < -0.3 is 19.9 Å². The maximum Gasteiger partial charge on any atom is 0.328 e. The van der Waals surface area contributed by atoms with Gasteiger partial charge in [-0.2, -0.15) is 0 Å². The molecule has 1 amide bonds. The first-order valence-electron chi connectivity index (χ1n) is 11.1. The first-order chi connectivity index (χ1) is 17.3. The zero-order valence-electron chi connectivity index (χ0n) is 19.7. The number of thiophene rings is 1. The number of carboxylic acid groups (broad SMARTS) is 1. The number of aliphatic carboxylic acids is 1. The number of hydrogen-bond donors (Lipinski definition) is 2. The van der Waals surface area contributed by atoms with Crippen LogP contribution in [0.2, 0.25) is 0 Å². The quantitative estimate of drug-likeness (QED) is 0.433. The summed E-state index contributed by atoms with van der Waals surface area (Å²) in [5.41, 5.74) is 1.91. The molecule has 0 spiro atoms. The number of ether oxygens (including phenoxy) is 2. The maximum atomic E-state index is 13.9. The van der Waals surface area contributed by atoms with Gasteiger partial charge in [0.2, 0.25) is 0 Å². The number of carbonyl (C=O) groups excluding carboxylic acids is 1. The lowest BCUT2D eigenvalue weighted by Gasteiger charge is -2.33. The Balaban J connectivity index is 1.79. The van der Waals surface area contributed by atoms with E-state index in [-0.39, 0.29) is 23.5 Å². The molecule has 1 aromatic heterocycles. The summed E-state index contributed by atoms with van der Waals surface area (Å²) >= 11 is 1.29. The molecule has 3 aromatic rings. The van der Waals surface area contributed by atoms with Crippen LogP contribution < -0.4 is 14.8 Å². The Bertz CT molecular complexity index is 1360. The predicted octanol–water partition coefficient (Wildman–Crippen LogP) is 2.69. The first kappa shape index (κ1) is 25.7. The molecule has 0 saturated carbocycles. The van der Waals surface area contributed by atoms with E-state index in [1.54, 1.807) is 17.5 Å². The molecule has 0 unspecified atom stereocenters. The Morgan fingerprint density at radius 3 is 2.44 bits per heavy atom. The molecule has 1 aliphatic heterocycles. The molecule has 2 aromatic carbocycles. The van der Waals surface area contributed by atoms with Crippen LogP contribution in [0.4, 0.5) is 0 Å². The van der Waals surface area contributed by atoms with Crippen LogP contribution in [-0.4, -0.2) is 56.0 Å². The molecule has 11 heteroatoms. The minimum atomic E-state index is -4.60. The second kappa shape index (κ2) is 10.7. The molecule has 0 radical (unpaired) electrons. The van der Waals surface area contributed by atoms with E-state index in [1.807, 2.05) is 24.3 Å². The fourth-order valence-corrected chi connectivity index (χ4v) is 6.53. The normalized spacial score (nSPS) is 16.0. The average Bonchev–Trinajstić information content (AvgIpc) is 3.40. The lowest BCUT2D eigenvalue weighted by molar-refractivity contribution is -0.146. The molecule has 0 bridgehead atoms. The summed E-state index contributed by atoms with van der Waals surface area (Å²) in [4.78, 5) is 26.7. The van der Waals surface area contributed by atoms with E-state index in [0.717, 1.165) is 11.1 Å². The van der Waals surface area contributed by atoms with Gasteiger partial charge in [-0.05, 0) is 41.1 Å². The molecule has 0 saturated heterocycles. The van der Waals surface area contributed by atoms with Crippen LogP contribution in [0, 0.1) is 0 Å². The number of benzene rings is 2. The number of hydrogen-bond acceptors (Lipinski definition) is 8. The highest BCUT2D eigenvalue weighted by Gasteiger charge is 2.43. The van der Waals surface area contributed by atoms with Gasteiger partial charge in [-0.3, -0.25) is 4.79 Å². The van der Waals surface area contributed by atoms with Crippen molar-refractivity contribution in [2.75, 3.05) is 14.2 Å². The van der Waals surface area contributed by atoms with Crippen molar-refractivity contribution >= 4 is 33.2 Å². The molecular weight excluding hydrogens is 504 g/mol. The van der Waals surface area contributed by atoms with Crippen molar-refractivity contribution in [1.82, 2.24) is 9.62 Å². The molecule has 2 atom stereocenters. The number of amides is 1. The number of carboxylic acids is 1. The number of rotatable bonds is 9. The van der Waals surface area contributed by atoms with Gasteiger partial charge in [0, 0.05) is 23.9 Å². The van der Waals surface area contributed by atoms with E-state index in [0.29, 0.717) is 21.5 Å². The minimum Gasteiger partial charge on any atom is -0.493 e. The van der Waals surface area contributed by atoms with Gasteiger partial charge in [-0.1, -0.05) is 30.3 Å². The van der Waals surface area contributed by atoms with Gasteiger partial charge >= 0.3 is 5.97 Å². The maximum absolute atomic E-state index is 13.9. The summed E-state index contributed by atoms with van der Waals surface area (Å²) in [7, 11) is -1.83. The average molecular weight is 531 g/mol. The Labute approximate surface area is 213 Å². The fraction of sp³-hybridized carbons (Fsp3) is 0.280. The minimum absolute atomic E-state index is 0.140. The standard InChI is InChI=1S/C25H26N2O7S2/c1-33-22-10-9-19(14-23(22)34-2)36(31,32)27(21(25(29)30)13-18-8-5-11-35-18)24(28)20-12-16-6-3-4-7-17(16)15-26-20/h3-11,14,20-21,26H,12-13,15H2,1-2H3,(H,29,30)/t20-,21-/m0/s1. The highest BCUT2D eigenvalue weighted by Crippen LogP contribution is 2.32. The zero-order valence-corrected chi connectivity index (χ0v) is 21.3. The summed E-state index contributed by atoms with van der Waals surface area (Å²) in [6.45, 7) is 0.361. The lowest BCUT2D eigenvalue weighted by Crippen LogP contribution is -2.57. The topological polar surface area (TPSA) is 122 Å². The summed E-state index contributed by atoms with van der Waals surface area (Å²) in [6.07, 6.45) is 0.0763. The van der Waals surface area contributed by atoms with Crippen LogP contribution in [0.1, 0.15) is 16.0 Å². The molecule has 2 heterocycles. The van der Waals surface area contributed by atoms with Gasteiger partial charge in [0.05, 0.1) is 25.2 Å². The van der Waals surface area contributed by atoms with Crippen molar-refractivity contribution in [3.8, 4) is 11.5 Å². The molecule has 1 aliphatic rings. The van der Waals surface area contributed by atoms with E-state index in [1.165, 1.54) is 43.8 Å². The molecule has 0 aliphatic carbocycles. The zero-order chi connectivity index (χ0) is 25.9. The third-order valence-corrected chi connectivity index (χ3v) is 8.75. The number of carbonyl (C=O) groups is 2. The van der Waals surface area contributed by atoms with E-state index < -0.39 is 34.0 Å². The van der Waals surface area contributed by atoms with E-state index >= 15 is 0 Å². The van der Waals surface area contributed by atoms with Gasteiger partial charge in [0.1, 0.15) is 0 Å². The number of nitrogens with one attached hydrogen (secondary N) is 1. The van der Waals surface area contributed by atoms with Crippen molar-refractivity contribution in [1.29, 1.82) is 0 Å². The Kier molecular flexibility index (Phi) is 7.62. The van der Waals surface area contributed by atoms with Crippen LogP contribution in [-0.2, 0) is 39.0 Å². The fourth-order valence-electron chi connectivity index (χ4n) is 4.20. The van der Waals surface area contributed by atoms with Crippen molar-refractivity contribution in [2.45, 2.75) is 36.4 Å². The Morgan fingerprint density at radius 2 is 1.81 bits per heavy atom. The third-order valence-electron chi connectivity index (χ3n) is 6.05. The molecule has 0 fully saturated rings. The highest BCUT2D eigenvalue weighted by atomic mass is 32.2. The molecular formula is C25H26N2O7S2. The number of sulfonamides is 1. The van der Waals surface area contributed by atoms with E-state index in [9.17, 15) is 23.1 Å². The second-order valence-electron chi connectivity index (χ2n) is 8.20. The monoisotopic (exact) mass is 530 g/mol. The van der Waals surface area contributed by atoms with Gasteiger partial charge in [0.15, 0.2) is 17.5 Å². The van der Waals surface area contributed by atoms with Gasteiger partial charge in [-0.25, -0.2) is 17.5 Å². The van der Waals surface area contributed by atoms with Crippen molar-refractivity contribution in [2.24, 2.45) is 0 Å². The van der Waals surface area contributed by atoms with Crippen LogP contribution in [0.5, 0.6) is 11.5 Å². The van der Waals surface area contributed by atoms with Crippen LogP contribution >= 0.6 is 11.3 Å². The summed E-state index contributed by atoms with van der Waals surface area (Å²) in [5.74, 6) is -1.81. The van der Waals surface area contributed by atoms with E-state index in [2.05, 4.69) is 5.32 Å². The number of methoxy groups -OCH3 is 2. The van der Waals surface area contributed by atoms with Gasteiger partial charge in [0.25, 0.3) is 15.9 Å². The molecule has 9 nitrogen and oxygen atoms in total. The van der Waals surface area contributed by atoms with Crippen molar-refractivity contribution in [3.05, 3.63) is 76.0 Å². The number of nitrogens with zero attached hydrogens (tertiary/aromatic N) is 1. The summed E-state index contributed by atoms with van der Waals surface area (Å²) < 4.78 is 38.8. The molecule has 2 N–H and O–H groups in total. The smallest absolute Gasteiger partial charge is 0.328 e. The largest absolute Gasteiger partial charge is 0.493 e. The van der Waals surface area contributed by atoms with Crippen LogP contribution in [0.3, 0.4) is 0 Å². The Morgan fingerprint density at radius 1 is 1.08 bits per heavy atom. The van der Waals surface area contributed by atoms with Crippen LogP contribution in [0.25, 0.3) is 0 Å². The van der Waals surface area contributed by atoms with Crippen molar-refractivity contribution < 1.29 is 32.6 Å². The predicted molar refractivity (Wildman–Crippen MR) is 134 cm³/mol. The number of fused-ring (bicyclic) bond motifs is 1. The molecule has 4 rings (SSSR count). The lowest BCUT2D eigenvalue weighted by atomic mass is 9.95. The van der Waals surface area contributed by atoms with Gasteiger partial charge in [-0.15, -0.1) is 11.3 Å². The van der Waals surface area contributed by atoms with Crippen molar-refractivity contribution in [3.63, 3.8) is 0 Å².